The van der Waals surface area contributed by atoms with E-state index in [2.05, 4.69) is 15.5 Å². The average Bonchev–Trinajstić information content (AvgIpc) is 3.56. The normalized spacial score (nSPS) is 14.1. The summed E-state index contributed by atoms with van der Waals surface area (Å²) in [5, 5.41) is 9.26. The van der Waals surface area contributed by atoms with Crippen molar-refractivity contribution in [3.05, 3.63) is 93.1 Å². The topological polar surface area (TPSA) is 88.3 Å². The minimum absolute atomic E-state index is 0.0639. The number of nitrogens with one attached hydrogen (secondary N) is 1. The number of hydrogen-bond acceptors (Lipinski definition) is 6. The number of aryl methyl sites for hydroxylation is 1. The summed E-state index contributed by atoms with van der Waals surface area (Å²) in [7, 11) is 0. The molecule has 2 amide bonds. The number of aromatic nitrogens is 2. The van der Waals surface area contributed by atoms with E-state index in [1.807, 2.05) is 30.3 Å². The molecule has 4 aromatic rings. The van der Waals surface area contributed by atoms with Crippen molar-refractivity contribution in [3.63, 3.8) is 0 Å². The highest BCUT2D eigenvalue weighted by molar-refractivity contribution is 7.09. The molecule has 1 N–H and O–H groups in total. The summed E-state index contributed by atoms with van der Waals surface area (Å²) < 4.78 is 32.2. The number of halogens is 2. The molecule has 5 rings (SSSR count). The summed E-state index contributed by atoms with van der Waals surface area (Å²) in [5.74, 6) is -1.29. The minimum Gasteiger partial charge on any atom is -0.360 e. The molecule has 0 unspecified atom stereocenters. The highest BCUT2D eigenvalue weighted by Crippen LogP contribution is 2.33. The molecule has 1 aliphatic heterocycles. The zero-order valence-electron chi connectivity index (χ0n) is 20.0. The highest BCUT2D eigenvalue weighted by Gasteiger charge is 2.31. The van der Waals surface area contributed by atoms with Crippen molar-refractivity contribution in [2.75, 3.05) is 13.1 Å². The first-order chi connectivity index (χ1) is 17.9. The van der Waals surface area contributed by atoms with Crippen LogP contribution in [0.5, 0.6) is 0 Å². The van der Waals surface area contributed by atoms with Gasteiger partial charge < -0.3 is 14.7 Å². The van der Waals surface area contributed by atoms with Crippen LogP contribution < -0.4 is 5.32 Å². The van der Waals surface area contributed by atoms with E-state index in [1.165, 1.54) is 17.4 Å². The summed E-state index contributed by atoms with van der Waals surface area (Å²) >= 11 is 1.40. The summed E-state index contributed by atoms with van der Waals surface area (Å²) in [4.78, 5) is 32.2. The zero-order chi connectivity index (χ0) is 25.9. The van der Waals surface area contributed by atoms with Gasteiger partial charge in [-0.25, -0.2) is 13.8 Å². The third-order valence-corrected chi connectivity index (χ3v) is 7.47. The molecule has 0 radical (unpaired) electrons. The van der Waals surface area contributed by atoms with Crippen molar-refractivity contribution in [1.82, 2.24) is 20.4 Å². The maximum atomic E-state index is 13.8. The van der Waals surface area contributed by atoms with Gasteiger partial charge >= 0.3 is 0 Å². The van der Waals surface area contributed by atoms with Crippen LogP contribution in [-0.2, 0) is 6.54 Å². The number of nitrogens with zero attached hydrogens (tertiary/aromatic N) is 3. The van der Waals surface area contributed by atoms with Crippen molar-refractivity contribution in [2.24, 2.45) is 0 Å². The standard InChI is InChI=1S/C27H24F2N4O3S/c1-16-23(24(32-36-16)17-5-3-2-4-6-17)27(35)33-11-9-18(10-12-33)26-31-22(15-37-26)25(34)30-14-19-7-8-20(28)13-21(19)29/h2-8,13,15,18H,9-12,14H2,1H3,(H,30,34). The van der Waals surface area contributed by atoms with Crippen LogP contribution in [0.2, 0.25) is 0 Å². The summed E-state index contributed by atoms with van der Waals surface area (Å²) in [5.41, 5.74) is 2.31. The molecule has 37 heavy (non-hydrogen) atoms. The Morgan fingerprint density at radius 1 is 1.14 bits per heavy atom. The largest absolute Gasteiger partial charge is 0.360 e. The van der Waals surface area contributed by atoms with Crippen LogP contribution in [0, 0.1) is 18.6 Å². The monoisotopic (exact) mass is 522 g/mol. The molecular weight excluding hydrogens is 498 g/mol. The molecule has 190 valence electrons. The number of hydrogen-bond donors (Lipinski definition) is 1. The van der Waals surface area contributed by atoms with Crippen molar-refractivity contribution in [2.45, 2.75) is 32.2 Å². The van der Waals surface area contributed by atoms with Gasteiger partial charge in [-0.15, -0.1) is 11.3 Å². The lowest BCUT2D eigenvalue weighted by atomic mass is 9.96. The molecule has 0 spiro atoms. The van der Waals surface area contributed by atoms with E-state index in [1.54, 1.807) is 17.2 Å². The predicted octanol–water partition coefficient (Wildman–Crippen LogP) is 5.33. The minimum atomic E-state index is -0.710. The Bertz CT molecular complexity index is 1430. The van der Waals surface area contributed by atoms with Crippen molar-refractivity contribution in [1.29, 1.82) is 0 Å². The van der Waals surface area contributed by atoms with Crippen LogP contribution in [0.25, 0.3) is 11.3 Å². The molecule has 0 aliphatic carbocycles. The van der Waals surface area contributed by atoms with E-state index in [0.717, 1.165) is 22.7 Å². The third-order valence-electron chi connectivity index (χ3n) is 6.46. The maximum absolute atomic E-state index is 13.8. The number of amides is 2. The second-order valence-electron chi connectivity index (χ2n) is 8.88. The van der Waals surface area contributed by atoms with Gasteiger partial charge in [0.05, 0.1) is 5.01 Å². The number of rotatable bonds is 6. The zero-order valence-corrected chi connectivity index (χ0v) is 20.9. The Hall–Kier alpha value is -3.92. The fourth-order valence-corrected chi connectivity index (χ4v) is 5.39. The number of carbonyl (C=O) groups is 2. The lowest BCUT2D eigenvalue weighted by molar-refractivity contribution is 0.0711. The number of likely N-dealkylation sites (tertiary alicyclic amines) is 1. The second kappa shape index (κ2) is 10.6. The molecule has 7 nitrogen and oxygen atoms in total. The van der Waals surface area contributed by atoms with Crippen molar-refractivity contribution >= 4 is 23.2 Å². The second-order valence-corrected chi connectivity index (χ2v) is 9.77. The Labute approximate surface area is 216 Å². The average molecular weight is 523 g/mol. The van der Waals surface area contributed by atoms with Gasteiger partial charge in [0.25, 0.3) is 11.8 Å². The molecule has 0 saturated carbocycles. The van der Waals surface area contributed by atoms with Crippen molar-refractivity contribution < 1.29 is 22.9 Å². The molecule has 0 atom stereocenters. The molecule has 10 heteroatoms. The summed E-state index contributed by atoms with van der Waals surface area (Å²) in [6.45, 7) is 2.78. The van der Waals surface area contributed by atoms with Gasteiger partial charge in [0, 0.05) is 48.1 Å². The predicted molar refractivity (Wildman–Crippen MR) is 134 cm³/mol. The molecule has 0 bridgehead atoms. The van der Waals surface area contributed by atoms with Gasteiger partial charge in [0.15, 0.2) is 0 Å². The molecule has 1 saturated heterocycles. The summed E-state index contributed by atoms with van der Waals surface area (Å²) in [6.07, 6.45) is 1.43. The molecule has 3 heterocycles. The van der Waals surface area contributed by atoms with Crippen LogP contribution in [0.3, 0.4) is 0 Å². The van der Waals surface area contributed by atoms with Gasteiger partial charge in [0.2, 0.25) is 0 Å². The maximum Gasteiger partial charge on any atom is 0.271 e. The quantitative estimate of drug-likeness (QED) is 0.370. The van der Waals surface area contributed by atoms with Gasteiger partial charge in [0.1, 0.15) is 34.3 Å². The molecule has 1 fully saturated rings. The van der Waals surface area contributed by atoms with E-state index in [4.69, 9.17) is 4.52 Å². The lowest BCUT2D eigenvalue weighted by Gasteiger charge is -2.31. The number of thiazole rings is 1. The van der Waals surface area contributed by atoms with E-state index < -0.39 is 17.5 Å². The van der Waals surface area contributed by atoms with Crippen LogP contribution in [0.4, 0.5) is 8.78 Å². The molecule has 1 aliphatic rings. The van der Waals surface area contributed by atoms with E-state index in [9.17, 15) is 18.4 Å². The summed E-state index contributed by atoms with van der Waals surface area (Å²) in [6, 6.07) is 12.7. The molecule has 2 aromatic heterocycles. The van der Waals surface area contributed by atoms with Gasteiger partial charge in [-0.2, -0.15) is 0 Å². The SMILES string of the molecule is Cc1onc(-c2ccccc2)c1C(=O)N1CCC(c2nc(C(=O)NCc3ccc(F)cc3F)cs2)CC1. The first kappa shape index (κ1) is 24.8. The number of benzene rings is 2. The van der Waals surface area contributed by atoms with Crippen molar-refractivity contribution in [3.8, 4) is 11.3 Å². The fraction of sp³-hybridized carbons (Fsp3) is 0.259. The lowest BCUT2D eigenvalue weighted by Crippen LogP contribution is -2.38. The van der Waals surface area contributed by atoms with E-state index >= 15 is 0 Å². The third kappa shape index (κ3) is 5.29. The Balaban J connectivity index is 1.19. The van der Waals surface area contributed by atoms with E-state index in [0.29, 0.717) is 42.9 Å². The number of piperidine rings is 1. The fourth-order valence-electron chi connectivity index (χ4n) is 4.42. The van der Waals surface area contributed by atoms with Crippen LogP contribution in [0.15, 0.2) is 58.4 Å². The van der Waals surface area contributed by atoms with Gasteiger partial charge in [-0.1, -0.05) is 41.6 Å². The smallest absolute Gasteiger partial charge is 0.271 e. The Kier molecular flexibility index (Phi) is 7.09. The first-order valence-corrected chi connectivity index (χ1v) is 12.8. The van der Waals surface area contributed by atoms with Gasteiger partial charge in [-0.05, 0) is 25.8 Å². The first-order valence-electron chi connectivity index (χ1n) is 11.9. The highest BCUT2D eigenvalue weighted by atomic mass is 32.1. The Morgan fingerprint density at radius 2 is 1.89 bits per heavy atom. The molecular formula is C27H24F2N4O3S. The van der Waals surface area contributed by atoms with Crippen LogP contribution in [-0.4, -0.2) is 39.9 Å². The van der Waals surface area contributed by atoms with Gasteiger partial charge in [-0.3, -0.25) is 9.59 Å². The molecule has 2 aromatic carbocycles. The van der Waals surface area contributed by atoms with E-state index in [-0.39, 0.29) is 29.6 Å². The Morgan fingerprint density at radius 3 is 2.62 bits per heavy atom. The number of carbonyl (C=O) groups excluding carboxylic acids is 2. The van der Waals surface area contributed by atoms with Crippen LogP contribution >= 0.6 is 11.3 Å². The van der Waals surface area contributed by atoms with Crippen LogP contribution in [0.1, 0.15) is 55.9 Å².